The van der Waals surface area contributed by atoms with E-state index < -0.39 is 11.1 Å². The zero-order valence-electron chi connectivity index (χ0n) is 21.0. The highest BCUT2D eigenvalue weighted by Crippen LogP contribution is 2.39. The summed E-state index contributed by atoms with van der Waals surface area (Å²) in [5.74, 6) is -0.536. The van der Waals surface area contributed by atoms with Gasteiger partial charge in [0.2, 0.25) is 5.91 Å². The molecule has 2 aliphatic rings. The van der Waals surface area contributed by atoms with E-state index in [-0.39, 0.29) is 34.8 Å². The minimum absolute atomic E-state index is 0.144. The molecule has 0 saturated carbocycles. The molecule has 0 spiro atoms. The zero-order valence-corrected chi connectivity index (χ0v) is 22.6. The van der Waals surface area contributed by atoms with Crippen molar-refractivity contribution in [1.29, 1.82) is 0 Å². The molecule has 0 atom stereocenters. The number of hydrogen-bond acceptors (Lipinski definition) is 6. The van der Waals surface area contributed by atoms with E-state index in [2.05, 4.69) is 0 Å². The molecule has 2 aliphatic heterocycles. The number of carbonyl (C=O) groups is 3. The number of fused-ring (bicyclic) bond motifs is 1. The molecule has 39 heavy (non-hydrogen) atoms. The van der Waals surface area contributed by atoms with Gasteiger partial charge in [0.25, 0.3) is 11.1 Å². The maximum atomic E-state index is 13.2. The molecule has 3 amide bonds. The molecule has 1 saturated heterocycles. The number of ether oxygens (including phenoxy) is 2. The average molecular weight is 567 g/mol. The predicted octanol–water partition coefficient (Wildman–Crippen LogP) is 5.69. The Kier molecular flexibility index (Phi) is 7.90. The Morgan fingerprint density at radius 3 is 2.59 bits per heavy atom. The van der Waals surface area contributed by atoms with Crippen LogP contribution in [0.2, 0.25) is 5.02 Å². The minimum Gasteiger partial charge on any atom is -0.493 e. The van der Waals surface area contributed by atoms with Gasteiger partial charge in [0.1, 0.15) is 19.0 Å². The second-order valence-corrected chi connectivity index (χ2v) is 10.5. The molecule has 3 aromatic rings. The Balaban J connectivity index is 1.27. The summed E-state index contributed by atoms with van der Waals surface area (Å²) in [5.41, 5.74) is 3.55. The highest BCUT2D eigenvalue weighted by atomic mass is 35.5. The molecule has 0 unspecified atom stereocenters. The average Bonchev–Trinajstić information content (AvgIpc) is 3.19. The number of rotatable bonds is 7. The summed E-state index contributed by atoms with van der Waals surface area (Å²) in [6.07, 6.45) is 2.26. The molecular formula is C29H24ClFN2O5S. The lowest BCUT2D eigenvalue weighted by molar-refractivity contribution is -0.136. The molecule has 2 heterocycles. The van der Waals surface area contributed by atoms with E-state index in [1.165, 1.54) is 30.9 Å². The lowest BCUT2D eigenvalue weighted by atomic mass is 10.00. The molecule has 1 fully saturated rings. The van der Waals surface area contributed by atoms with Gasteiger partial charge in [-0.05, 0) is 70.8 Å². The highest BCUT2D eigenvalue weighted by molar-refractivity contribution is 8.18. The Morgan fingerprint density at radius 2 is 1.85 bits per heavy atom. The van der Waals surface area contributed by atoms with Crippen LogP contribution in [0.25, 0.3) is 6.08 Å². The zero-order chi connectivity index (χ0) is 27.5. The van der Waals surface area contributed by atoms with Gasteiger partial charge in [-0.25, -0.2) is 4.39 Å². The summed E-state index contributed by atoms with van der Waals surface area (Å²) in [6.45, 7) is 0.820. The third-order valence-electron chi connectivity index (χ3n) is 6.50. The standard InChI is InChI=1S/C29H24ClFN2O5S/c1-37-24-13-19(12-23(30)27(24)38-17-18-6-8-22(31)9-7-18)14-25-28(35)33(29(36)39-25)16-26(34)32-11-10-20-4-2-3-5-21(20)15-32/h2-9,12-14H,10-11,15-17H2,1H3/b25-14-. The van der Waals surface area contributed by atoms with Crippen molar-refractivity contribution < 1.29 is 28.2 Å². The maximum Gasteiger partial charge on any atom is 0.294 e. The van der Waals surface area contributed by atoms with E-state index in [1.54, 1.807) is 29.2 Å². The monoisotopic (exact) mass is 566 g/mol. The molecule has 0 N–H and O–H groups in total. The fourth-order valence-electron chi connectivity index (χ4n) is 4.43. The van der Waals surface area contributed by atoms with Crippen molar-refractivity contribution in [3.63, 3.8) is 0 Å². The van der Waals surface area contributed by atoms with Gasteiger partial charge in [-0.2, -0.15) is 0 Å². The van der Waals surface area contributed by atoms with Crippen LogP contribution in [0.3, 0.4) is 0 Å². The van der Waals surface area contributed by atoms with Crippen molar-refractivity contribution in [3.05, 3.63) is 98.7 Å². The lowest BCUT2D eigenvalue weighted by Crippen LogP contribution is -2.44. The second-order valence-electron chi connectivity index (χ2n) is 9.05. The quantitative estimate of drug-likeness (QED) is 0.342. The summed E-state index contributed by atoms with van der Waals surface area (Å²) in [5, 5.41) is -0.267. The van der Waals surface area contributed by atoms with Crippen molar-refractivity contribution in [3.8, 4) is 11.5 Å². The third kappa shape index (κ3) is 5.94. The van der Waals surface area contributed by atoms with Gasteiger partial charge in [-0.3, -0.25) is 19.3 Å². The summed E-state index contributed by atoms with van der Waals surface area (Å²) in [7, 11) is 1.46. The number of imide groups is 1. The van der Waals surface area contributed by atoms with Gasteiger partial charge in [-0.15, -0.1) is 0 Å². The van der Waals surface area contributed by atoms with Crippen LogP contribution in [-0.4, -0.2) is 47.1 Å². The topological polar surface area (TPSA) is 76.2 Å². The molecule has 0 radical (unpaired) electrons. The van der Waals surface area contributed by atoms with Gasteiger partial charge in [0, 0.05) is 13.1 Å². The minimum atomic E-state index is -0.539. The van der Waals surface area contributed by atoms with E-state index in [4.69, 9.17) is 21.1 Å². The normalized spacial score (nSPS) is 16.0. The van der Waals surface area contributed by atoms with Crippen LogP contribution in [0.4, 0.5) is 9.18 Å². The van der Waals surface area contributed by atoms with Crippen molar-refractivity contribution >= 4 is 46.5 Å². The van der Waals surface area contributed by atoms with E-state index in [0.29, 0.717) is 30.2 Å². The van der Waals surface area contributed by atoms with E-state index in [9.17, 15) is 18.8 Å². The summed E-state index contributed by atoms with van der Waals surface area (Å²) >= 11 is 7.23. The van der Waals surface area contributed by atoms with E-state index >= 15 is 0 Å². The first-order valence-corrected chi connectivity index (χ1v) is 13.4. The van der Waals surface area contributed by atoms with E-state index in [0.717, 1.165) is 34.2 Å². The highest BCUT2D eigenvalue weighted by Gasteiger charge is 2.37. The largest absolute Gasteiger partial charge is 0.493 e. The number of carbonyl (C=O) groups excluding carboxylic acids is 3. The summed E-state index contributed by atoms with van der Waals surface area (Å²) in [4.78, 5) is 41.5. The van der Waals surface area contributed by atoms with Crippen LogP contribution < -0.4 is 9.47 Å². The van der Waals surface area contributed by atoms with Crippen molar-refractivity contribution in [2.75, 3.05) is 20.2 Å². The predicted molar refractivity (Wildman–Crippen MR) is 147 cm³/mol. The smallest absolute Gasteiger partial charge is 0.294 e. The number of thioether (sulfide) groups is 1. The molecule has 0 aliphatic carbocycles. The first-order chi connectivity index (χ1) is 18.8. The van der Waals surface area contributed by atoms with Crippen LogP contribution in [0.1, 0.15) is 22.3 Å². The first kappa shape index (κ1) is 26.8. The fraction of sp³-hybridized carbons (Fsp3) is 0.207. The van der Waals surface area contributed by atoms with E-state index in [1.807, 2.05) is 24.3 Å². The summed E-state index contributed by atoms with van der Waals surface area (Å²) < 4.78 is 24.4. The number of hydrogen-bond donors (Lipinski definition) is 0. The SMILES string of the molecule is COc1cc(/C=C2\SC(=O)N(CC(=O)N3CCc4ccccc4C3)C2=O)cc(Cl)c1OCc1ccc(F)cc1. The van der Waals surface area contributed by atoms with Crippen LogP contribution in [-0.2, 0) is 29.2 Å². The van der Waals surface area contributed by atoms with Gasteiger partial charge in [-0.1, -0.05) is 48.0 Å². The molecule has 3 aromatic carbocycles. The fourth-order valence-corrected chi connectivity index (χ4v) is 5.54. The Labute approximate surface area is 234 Å². The van der Waals surface area contributed by atoms with Gasteiger partial charge >= 0.3 is 0 Å². The Bertz CT molecular complexity index is 1480. The van der Waals surface area contributed by atoms with Crippen LogP contribution in [0.15, 0.2) is 65.6 Å². The van der Waals surface area contributed by atoms with Gasteiger partial charge in [0.05, 0.1) is 17.0 Å². The number of amides is 3. The molecule has 0 bridgehead atoms. The third-order valence-corrected chi connectivity index (χ3v) is 7.68. The van der Waals surface area contributed by atoms with Crippen LogP contribution >= 0.6 is 23.4 Å². The Hall–Kier alpha value is -3.82. The number of methoxy groups -OCH3 is 1. The molecule has 10 heteroatoms. The van der Waals surface area contributed by atoms with Gasteiger partial charge in [0.15, 0.2) is 11.5 Å². The number of halogens is 2. The van der Waals surface area contributed by atoms with Gasteiger partial charge < -0.3 is 14.4 Å². The van der Waals surface area contributed by atoms with Crippen molar-refractivity contribution in [2.45, 2.75) is 19.6 Å². The second kappa shape index (κ2) is 11.5. The molecule has 0 aromatic heterocycles. The molecule has 200 valence electrons. The first-order valence-electron chi connectivity index (χ1n) is 12.2. The summed E-state index contributed by atoms with van der Waals surface area (Å²) in [6, 6.07) is 17.0. The van der Waals surface area contributed by atoms with Crippen LogP contribution in [0.5, 0.6) is 11.5 Å². The molecule has 7 nitrogen and oxygen atoms in total. The molecule has 5 rings (SSSR count). The van der Waals surface area contributed by atoms with Crippen molar-refractivity contribution in [1.82, 2.24) is 9.80 Å². The van der Waals surface area contributed by atoms with Crippen molar-refractivity contribution in [2.24, 2.45) is 0 Å². The molecular weight excluding hydrogens is 543 g/mol. The maximum absolute atomic E-state index is 13.2. The number of nitrogens with zero attached hydrogens (tertiary/aromatic N) is 2. The van der Waals surface area contributed by atoms with Crippen LogP contribution in [0, 0.1) is 5.82 Å². The number of benzene rings is 3. The lowest BCUT2D eigenvalue weighted by Gasteiger charge is -2.29. The Morgan fingerprint density at radius 1 is 1.10 bits per heavy atom.